The smallest absolute Gasteiger partial charge is 0.293 e. The molecule has 0 radical (unpaired) electrons. The Bertz CT molecular complexity index is 1160. The van der Waals surface area contributed by atoms with Gasteiger partial charge in [-0.05, 0) is 38.4 Å². The van der Waals surface area contributed by atoms with Crippen molar-refractivity contribution in [1.29, 1.82) is 0 Å². The number of aromatic nitrogens is 3. The van der Waals surface area contributed by atoms with Crippen molar-refractivity contribution in [3.63, 3.8) is 0 Å². The van der Waals surface area contributed by atoms with Gasteiger partial charge in [-0.2, -0.15) is 0 Å². The first kappa shape index (κ1) is 20.6. The number of anilines is 1. The first-order valence-corrected chi connectivity index (χ1v) is 10.8. The van der Waals surface area contributed by atoms with Crippen LogP contribution in [0, 0.1) is 5.82 Å². The third-order valence-corrected chi connectivity index (χ3v) is 6.19. The zero-order valence-electron chi connectivity index (χ0n) is 18.1. The van der Waals surface area contributed by atoms with Crippen LogP contribution in [0.15, 0.2) is 34.9 Å². The van der Waals surface area contributed by atoms with E-state index in [1.165, 1.54) is 12.1 Å². The molecular weight excluding hydrogens is 411 g/mol. The highest BCUT2D eigenvalue weighted by atomic mass is 19.1. The summed E-state index contributed by atoms with van der Waals surface area (Å²) in [5, 5.41) is 7.12. The standard InChI is InChI=1S/C23H25FN6O2/c1-25-21-15-9-11-29(2)13-18(15)26-22(27-21)19-8-5-10-30(19)23(31)20-12-17(28-32-20)14-6-3-4-7-16(14)24/h3-4,6-7,12,19H,5,8-11,13H2,1-2H3,(H,25,26,27). The molecule has 4 heterocycles. The van der Waals surface area contributed by atoms with Crippen LogP contribution in [0.25, 0.3) is 11.3 Å². The minimum absolute atomic E-state index is 0.0849. The number of carbonyl (C=O) groups excluding carboxylic acids is 1. The summed E-state index contributed by atoms with van der Waals surface area (Å²) in [5.74, 6) is 0.863. The van der Waals surface area contributed by atoms with Crippen molar-refractivity contribution in [2.24, 2.45) is 0 Å². The molecule has 1 unspecified atom stereocenters. The number of nitrogens with one attached hydrogen (secondary N) is 1. The van der Waals surface area contributed by atoms with E-state index >= 15 is 0 Å². The highest BCUT2D eigenvalue weighted by molar-refractivity contribution is 5.93. The molecule has 1 aromatic carbocycles. The third-order valence-electron chi connectivity index (χ3n) is 6.19. The lowest BCUT2D eigenvalue weighted by atomic mass is 10.0. The van der Waals surface area contributed by atoms with Crippen LogP contribution in [0.4, 0.5) is 10.2 Å². The summed E-state index contributed by atoms with van der Waals surface area (Å²) in [7, 11) is 3.94. The summed E-state index contributed by atoms with van der Waals surface area (Å²) in [6.45, 7) is 2.30. The number of nitrogens with zero attached hydrogens (tertiary/aromatic N) is 5. The second-order valence-electron chi connectivity index (χ2n) is 8.31. The SMILES string of the molecule is CNc1nc(C2CCCN2C(=O)c2cc(-c3ccccc3F)no2)nc2c1CCN(C)C2. The fraction of sp³-hybridized carbons (Fsp3) is 0.391. The van der Waals surface area contributed by atoms with Crippen LogP contribution in [-0.2, 0) is 13.0 Å². The van der Waals surface area contributed by atoms with Crippen LogP contribution in [0.5, 0.6) is 0 Å². The highest BCUT2D eigenvalue weighted by Crippen LogP contribution is 2.34. The van der Waals surface area contributed by atoms with Gasteiger partial charge in [0.05, 0.1) is 11.7 Å². The first-order chi connectivity index (χ1) is 15.5. The molecule has 1 fully saturated rings. The van der Waals surface area contributed by atoms with Gasteiger partial charge >= 0.3 is 0 Å². The Balaban J connectivity index is 1.44. The quantitative estimate of drug-likeness (QED) is 0.672. The van der Waals surface area contributed by atoms with Crippen molar-refractivity contribution in [3.05, 3.63) is 59.0 Å². The number of benzene rings is 1. The number of hydrogen-bond acceptors (Lipinski definition) is 7. The maximum absolute atomic E-state index is 14.1. The van der Waals surface area contributed by atoms with Gasteiger partial charge in [-0.25, -0.2) is 14.4 Å². The molecule has 2 aliphatic rings. The van der Waals surface area contributed by atoms with Crippen molar-refractivity contribution in [2.75, 3.05) is 32.5 Å². The molecule has 1 atom stereocenters. The molecule has 32 heavy (non-hydrogen) atoms. The van der Waals surface area contributed by atoms with E-state index in [1.54, 1.807) is 23.1 Å². The van der Waals surface area contributed by atoms with E-state index < -0.39 is 5.82 Å². The fourth-order valence-electron chi connectivity index (χ4n) is 4.53. The average molecular weight is 436 g/mol. The minimum Gasteiger partial charge on any atom is -0.373 e. The number of hydrogen-bond donors (Lipinski definition) is 1. The summed E-state index contributed by atoms with van der Waals surface area (Å²) in [5.41, 5.74) is 2.76. The van der Waals surface area contributed by atoms with Crippen molar-refractivity contribution >= 4 is 11.7 Å². The second kappa shape index (κ2) is 8.31. The molecule has 1 amide bonds. The Labute approximate surface area is 185 Å². The first-order valence-electron chi connectivity index (χ1n) is 10.8. The predicted molar refractivity (Wildman–Crippen MR) is 117 cm³/mol. The summed E-state index contributed by atoms with van der Waals surface area (Å²) in [6, 6.07) is 7.54. The van der Waals surface area contributed by atoms with Gasteiger partial charge in [0.25, 0.3) is 5.91 Å². The Morgan fingerprint density at radius 3 is 2.91 bits per heavy atom. The number of rotatable bonds is 4. The molecule has 166 valence electrons. The van der Waals surface area contributed by atoms with Gasteiger partial charge in [0.2, 0.25) is 5.76 Å². The Morgan fingerprint density at radius 2 is 2.09 bits per heavy atom. The predicted octanol–water partition coefficient (Wildman–Crippen LogP) is 3.28. The van der Waals surface area contributed by atoms with Gasteiger partial charge in [0.15, 0.2) is 5.82 Å². The Hall–Kier alpha value is -3.33. The Morgan fingerprint density at radius 1 is 1.25 bits per heavy atom. The largest absolute Gasteiger partial charge is 0.373 e. The average Bonchev–Trinajstić information content (AvgIpc) is 3.48. The van der Waals surface area contributed by atoms with Gasteiger partial charge in [0.1, 0.15) is 17.3 Å². The van der Waals surface area contributed by atoms with Crippen LogP contribution in [0.3, 0.4) is 0 Å². The van der Waals surface area contributed by atoms with E-state index in [2.05, 4.69) is 22.4 Å². The molecule has 2 aromatic heterocycles. The summed E-state index contributed by atoms with van der Waals surface area (Å²) in [4.78, 5) is 26.9. The normalized spacial score (nSPS) is 18.6. The van der Waals surface area contributed by atoms with Gasteiger partial charge in [-0.1, -0.05) is 17.3 Å². The lowest BCUT2D eigenvalue weighted by Gasteiger charge is -2.28. The lowest BCUT2D eigenvalue weighted by Crippen LogP contribution is -2.33. The van der Waals surface area contributed by atoms with Crippen LogP contribution < -0.4 is 5.32 Å². The van der Waals surface area contributed by atoms with Crippen molar-refractivity contribution < 1.29 is 13.7 Å². The van der Waals surface area contributed by atoms with E-state index in [4.69, 9.17) is 14.5 Å². The molecule has 0 saturated carbocycles. The minimum atomic E-state index is -0.411. The van der Waals surface area contributed by atoms with Crippen molar-refractivity contribution in [2.45, 2.75) is 31.8 Å². The van der Waals surface area contributed by atoms with Crippen LogP contribution in [0.2, 0.25) is 0 Å². The molecule has 1 N–H and O–H groups in total. The molecule has 0 bridgehead atoms. The molecule has 0 aliphatic carbocycles. The highest BCUT2D eigenvalue weighted by Gasteiger charge is 2.35. The number of likely N-dealkylation sites (N-methyl/N-ethyl adjacent to an activating group) is 1. The van der Waals surface area contributed by atoms with Gasteiger partial charge in [0, 0.05) is 43.9 Å². The number of likely N-dealkylation sites (tertiary alicyclic amines) is 1. The van der Waals surface area contributed by atoms with E-state index in [1.807, 2.05) is 7.05 Å². The molecule has 8 nitrogen and oxygen atoms in total. The van der Waals surface area contributed by atoms with E-state index in [0.29, 0.717) is 23.6 Å². The summed E-state index contributed by atoms with van der Waals surface area (Å²) >= 11 is 0. The number of halogens is 1. The Kier molecular flexibility index (Phi) is 5.34. The van der Waals surface area contributed by atoms with Crippen LogP contribution in [0.1, 0.15) is 46.5 Å². The monoisotopic (exact) mass is 436 g/mol. The number of carbonyl (C=O) groups is 1. The molecule has 2 aliphatic heterocycles. The molecular formula is C23H25FN6O2. The van der Waals surface area contributed by atoms with Crippen LogP contribution in [-0.4, -0.2) is 58.0 Å². The van der Waals surface area contributed by atoms with Gasteiger partial charge in [-0.3, -0.25) is 4.79 Å². The van der Waals surface area contributed by atoms with E-state index in [-0.39, 0.29) is 17.7 Å². The number of fused-ring (bicyclic) bond motifs is 1. The van der Waals surface area contributed by atoms with Crippen molar-refractivity contribution in [3.8, 4) is 11.3 Å². The van der Waals surface area contributed by atoms with Gasteiger partial charge in [-0.15, -0.1) is 0 Å². The molecule has 1 saturated heterocycles. The molecule has 5 rings (SSSR count). The maximum Gasteiger partial charge on any atom is 0.293 e. The molecule has 0 spiro atoms. The summed E-state index contributed by atoms with van der Waals surface area (Å²) in [6.07, 6.45) is 2.52. The topological polar surface area (TPSA) is 87.4 Å². The summed E-state index contributed by atoms with van der Waals surface area (Å²) < 4.78 is 19.4. The zero-order chi connectivity index (χ0) is 22.2. The number of amides is 1. The molecule has 9 heteroatoms. The molecule has 3 aromatic rings. The second-order valence-corrected chi connectivity index (χ2v) is 8.31. The third kappa shape index (κ3) is 3.62. The van der Waals surface area contributed by atoms with Crippen LogP contribution >= 0.6 is 0 Å². The van der Waals surface area contributed by atoms with E-state index in [0.717, 1.165) is 49.4 Å². The zero-order valence-corrected chi connectivity index (χ0v) is 18.1. The van der Waals surface area contributed by atoms with Crippen molar-refractivity contribution in [1.82, 2.24) is 24.9 Å². The lowest BCUT2D eigenvalue weighted by molar-refractivity contribution is 0.0687. The van der Waals surface area contributed by atoms with Gasteiger partial charge < -0.3 is 19.6 Å². The fourth-order valence-corrected chi connectivity index (χ4v) is 4.53. The maximum atomic E-state index is 14.1. The van der Waals surface area contributed by atoms with E-state index in [9.17, 15) is 9.18 Å².